The molecule has 6 heteroatoms. The fourth-order valence-electron chi connectivity index (χ4n) is 3.42. The van der Waals surface area contributed by atoms with Crippen LogP contribution in [0.25, 0.3) is 10.8 Å². The van der Waals surface area contributed by atoms with Crippen LogP contribution in [0.4, 0.5) is 0 Å². The van der Waals surface area contributed by atoms with Gasteiger partial charge < -0.3 is 24.3 Å². The molecule has 3 aromatic carbocycles. The summed E-state index contributed by atoms with van der Waals surface area (Å²) in [6, 6.07) is 15.7. The highest BCUT2D eigenvalue weighted by molar-refractivity contribution is 5.88. The van der Waals surface area contributed by atoms with Gasteiger partial charge in [-0.3, -0.25) is 4.79 Å². The maximum absolute atomic E-state index is 12.3. The summed E-state index contributed by atoms with van der Waals surface area (Å²) in [4.78, 5) is 12.3. The Morgan fingerprint density at radius 1 is 0.897 bits per heavy atom. The Kier molecular flexibility index (Phi) is 5.42. The summed E-state index contributed by atoms with van der Waals surface area (Å²) in [6.07, 6.45) is 1.06. The van der Waals surface area contributed by atoms with Crippen molar-refractivity contribution in [1.29, 1.82) is 0 Å². The van der Waals surface area contributed by atoms with E-state index in [1.807, 2.05) is 48.5 Å². The normalized spacial score (nSPS) is 12.1. The first-order chi connectivity index (χ1) is 14.2. The molecule has 0 aliphatic carbocycles. The number of nitrogens with one attached hydrogen (secondary N) is 1. The molecule has 150 valence electrons. The molecule has 3 aromatic rings. The Bertz CT molecular complexity index is 1050. The number of carbonyl (C=O) groups excluding carboxylic acids is 1. The predicted octanol–water partition coefficient (Wildman–Crippen LogP) is 3.49. The molecule has 0 saturated carbocycles. The highest BCUT2D eigenvalue weighted by Crippen LogP contribution is 2.33. The number of benzene rings is 3. The SMILES string of the molecule is COc1cc2ccc(CC(=O)NCCc3ccc4c(c3)OCO4)cc2cc1OC. The van der Waals surface area contributed by atoms with E-state index in [1.54, 1.807) is 14.2 Å². The van der Waals surface area contributed by atoms with Gasteiger partial charge in [0.1, 0.15) is 0 Å². The average molecular weight is 393 g/mol. The third kappa shape index (κ3) is 4.21. The lowest BCUT2D eigenvalue weighted by molar-refractivity contribution is -0.120. The largest absolute Gasteiger partial charge is 0.493 e. The van der Waals surface area contributed by atoms with Crippen LogP contribution in [-0.2, 0) is 17.6 Å². The van der Waals surface area contributed by atoms with Gasteiger partial charge in [-0.1, -0.05) is 24.3 Å². The molecule has 1 aliphatic heterocycles. The minimum absolute atomic E-state index is 0.00873. The van der Waals surface area contributed by atoms with Gasteiger partial charge in [0.25, 0.3) is 0 Å². The molecular weight excluding hydrogens is 370 g/mol. The number of hydrogen-bond donors (Lipinski definition) is 1. The predicted molar refractivity (Wildman–Crippen MR) is 110 cm³/mol. The van der Waals surface area contributed by atoms with Crippen molar-refractivity contribution in [2.75, 3.05) is 27.6 Å². The number of rotatable bonds is 7. The summed E-state index contributed by atoms with van der Waals surface area (Å²) in [7, 11) is 3.23. The van der Waals surface area contributed by atoms with Crippen molar-refractivity contribution in [2.45, 2.75) is 12.8 Å². The number of carbonyl (C=O) groups is 1. The zero-order chi connectivity index (χ0) is 20.2. The molecule has 1 aliphatic rings. The standard InChI is InChI=1S/C23H23NO5/c1-26-20-12-17-5-3-16(9-18(17)13-21(20)27-2)11-23(25)24-8-7-15-4-6-19-22(10-15)29-14-28-19/h3-6,9-10,12-13H,7-8,11,14H2,1-2H3,(H,24,25). The lowest BCUT2D eigenvalue weighted by Crippen LogP contribution is -2.27. The number of ether oxygens (including phenoxy) is 4. The Morgan fingerprint density at radius 2 is 1.62 bits per heavy atom. The van der Waals surface area contributed by atoms with Gasteiger partial charge in [-0.2, -0.15) is 0 Å². The quantitative estimate of drug-likeness (QED) is 0.666. The molecular formula is C23H23NO5. The number of fused-ring (bicyclic) bond motifs is 2. The first kappa shape index (κ1) is 18.9. The van der Waals surface area contributed by atoms with E-state index in [-0.39, 0.29) is 12.7 Å². The van der Waals surface area contributed by atoms with Crippen molar-refractivity contribution in [3.05, 3.63) is 59.7 Å². The molecule has 0 aromatic heterocycles. The van der Waals surface area contributed by atoms with Crippen molar-refractivity contribution in [3.63, 3.8) is 0 Å². The second-order valence-electron chi connectivity index (χ2n) is 6.85. The molecule has 0 atom stereocenters. The van der Waals surface area contributed by atoms with Crippen LogP contribution < -0.4 is 24.3 Å². The Morgan fingerprint density at radius 3 is 2.41 bits per heavy atom. The van der Waals surface area contributed by atoms with E-state index in [1.165, 1.54) is 0 Å². The van der Waals surface area contributed by atoms with Crippen LogP contribution in [0, 0.1) is 0 Å². The third-order valence-electron chi connectivity index (χ3n) is 4.94. The van der Waals surface area contributed by atoms with E-state index in [0.29, 0.717) is 24.5 Å². The van der Waals surface area contributed by atoms with Crippen molar-refractivity contribution in [3.8, 4) is 23.0 Å². The van der Waals surface area contributed by atoms with Crippen molar-refractivity contribution in [1.82, 2.24) is 5.32 Å². The second kappa shape index (κ2) is 8.31. The summed E-state index contributed by atoms with van der Waals surface area (Å²) < 4.78 is 21.4. The molecule has 0 spiro atoms. The summed E-state index contributed by atoms with van der Waals surface area (Å²) in [5, 5.41) is 5.02. The lowest BCUT2D eigenvalue weighted by Gasteiger charge is -2.10. The van der Waals surface area contributed by atoms with E-state index >= 15 is 0 Å². The number of amides is 1. The van der Waals surface area contributed by atoms with Gasteiger partial charge in [0, 0.05) is 6.54 Å². The molecule has 0 unspecified atom stereocenters. The average Bonchev–Trinajstić information content (AvgIpc) is 3.20. The Balaban J connectivity index is 1.36. The maximum Gasteiger partial charge on any atom is 0.231 e. The third-order valence-corrected chi connectivity index (χ3v) is 4.94. The van der Waals surface area contributed by atoms with E-state index in [9.17, 15) is 4.79 Å². The molecule has 29 heavy (non-hydrogen) atoms. The van der Waals surface area contributed by atoms with Crippen LogP contribution >= 0.6 is 0 Å². The zero-order valence-corrected chi connectivity index (χ0v) is 16.5. The molecule has 0 radical (unpaired) electrons. The fraction of sp³-hybridized carbons (Fsp3) is 0.261. The van der Waals surface area contributed by atoms with Crippen molar-refractivity contribution in [2.24, 2.45) is 0 Å². The maximum atomic E-state index is 12.3. The molecule has 6 nitrogen and oxygen atoms in total. The van der Waals surface area contributed by atoms with Gasteiger partial charge in [0.05, 0.1) is 20.6 Å². The van der Waals surface area contributed by atoms with E-state index in [0.717, 1.165) is 39.8 Å². The van der Waals surface area contributed by atoms with Crippen LogP contribution in [0.5, 0.6) is 23.0 Å². The van der Waals surface area contributed by atoms with E-state index in [2.05, 4.69) is 5.32 Å². The minimum atomic E-state index is -0.00873. The molecule has 1 amide bonds. The lowest BCUT2D eigenvalue weighted by atomic mass is 10.0. The van der Waals surface area contributed by atoms with Crippen LogP contribution in [0.15, 0.2) is 48.5 Å². The van der Waals surface area contributed by atoms with Gasteiger partial charge in [0.15, 0.2) is 23.0 Å². The topological polar surface area (TPSA) is 66.0 Å². The van der Waals surface area contributed by atoms with Gasteiger partial charge in [-0.15, -0.1) is 0 Å². The first-order valence-corrected chi connectivity index (χ1v) is 9.46. The Labute approximate surface area is 169 Å². The number of hydrogen-bond acceptors (Lipinski definition) is 5. The van der Waals surface area contributed by atoms with Gasteiger partial charge in [0.2, 0.25) is 12.7 Å². The van der Waals surface area contributed by atoms with Gasteiger partial charge in [-0.05, 0) is 52.6 Å². The molecule has 1 heterocycles. The van der Waals surface area contributed by atoms with Crippen molar-refractivity contribution < 1.29 is 23.7 Å². The van der Waals surface area contributed by atoms with Crippen molar-refractivity contribution >= 4 is 16.7 Å². The fourth-order valence-corrected chi connectivity index (χ4v) is 3.42. The number of methoxy groups -OCH3 is 2. The smallest absolute Gasteiger partial charge is 0.231 e. The van der Waals surface area contributed by atoms with Crippen LogP contribution in [-0.4, -0.2) is 33.5 Å². The van der Waals surface area contributed by atoms with E-state index < -0.39 is 0 Å². The molecule has 0 fully saturated rings. The molecule has 0 bridgehead atoms. The molecule has 4 rings (SSSR count). The summed E-state index contributed by atoms with van der Waals surface area (Å²) >= 11 is 0. The van der Waals surface area contributed by atoms with Crippen LogP contribution in [0.1, 0.15) is 11.1 Å². The summed E-state index contributed by atoms with van der Waals surface area (Å²) in [5.41, 5.74) is 2.05. The summed E-state index contributed by atoms with van der Waals surface area (Å²) in [6.45, 7) is 0.830. The van der Waals surface area contributed by atoms with E-state index in [4.69, 9.17) is 18.9 Å². The first-order valence-electron chi connectivity index (χ1n) is 9.46. The monoisotopic (exact) mass is 393 g/mol. The minimum Gasteiger partial charge on any atom is -0.493 e. The van der Waals surface area contributed by atoms with Crippen LogP contribution in [0.2, 0.25) is 0 Å². The highest BCUT2D eigenvalue weighted by atomic mass is 16.7. The second-order valence-corrected chi connectivity index (χ2v) is 6.85. The van der Waals surface area contributed by atoms with Gasteiger partial charge in [-0.25, -0.2) is 0 Å². The van der Waals surface area contributed by atoms with Crippen LogP contribution in [0.3, 0.4) is 0 Å². The molecule has 0 saturated heterocycles. The Hall–Kier alpha value is -3.41. The summed E-state index contributed by atoms with van der Waals surface area (Å²) in [5.74, 6) is 2.88. The highest BCUT2D eigenvalue weighted by Gasteiger charge is 2.13. The van der Waals surface area contributed by atoms with Gasteiger partial charge >= 0.3 is 0 Å². The zero-order valence-electron chi connectivity index (χ0n) is 16.5. The molecule has 1 N–H and O–H groups in total.